The monoisotopic (exact) mass is 466 g/mol. The predicted molar refractivity (Wildman–Crippen MR) is 118 cm³/mol. The summed E-state index contributed by atoms with van der Waals surface area (Å²) in [5, 5.41) is 9.24. The largest absolute Gasteiger partial charge is 0.453 e. The minimum atomic E-state index is -0.596. The summed E-state index contributed by atoms with van der Waals surface area (Å²) in [6.45, 7) is 5.17. The highest BCUT2D eigenvalue weighted by Crippen LogP contribution is 2.21. The molecule has 1 aliphatic heterocycles. The zero-order valence-corrected chi connectivity index (χ0v) is 19.1. The van der Waals surface area contributed by atoms with Crippen LogP contribution >= 0.6 is 15.9 Å². The molecule has 1 aromatic carbocycles. The van der Waals surface area contributed by atoms with E-state index in [1.54, 1.807) is 0 Å². The summed E-state index contributed by atoms with van der Waals surface area (Å²) in [5.41, 5.74) is 2.03. The number of nitrogens with zero attached hydrogens (tertiary/aromatic N) is 1. The molecule has 2 amide bonds. The zero-order valence-electron chi connectivity index (χ0n) is 17.5. The fourth-order valence-electron chi connectivity index (χ4n) is 3.45. The number of benzene rings is 1. The van der Waals surface area contributed by atoms with Crippen LogP contribution in [0.25, 0.3) is 5.70 Å². The number of rotatable bonds is 8. The Balaban J connectivity index is 2.07. The van der Waals surface area contributed by atoms with E-state index in [-0.39, 0.29) is 17.9 Å². The minimum absolute atomic E-state index is 0.0293. The van der Waals surface area contributed by atoms with E-state index in [0.717, 1.165) is 28.6 Å². The zero-order chi connectivity index (χ0) is 21.4. The van der Waals surface area contributed by atoms with Crippen LogP contribution in [0.15, 0.2) is 34.9 Å². The third kappa shape index (κ3) is 6.39. The highest BCUT2D eigenvalue weighted by atomic mass is 79.9. The number of nitrogens with one attached hydrogen (secondary N) is 3. The molecule has 0 unspecified atom stereocenters. The maximum atomic E-state index is 13.1. The summed E-state index contributed by atoms with van der Waals surface area (Å²) in [6, 6.07) is 7.54. The number of methoxy groups -OCH3 is 1. The molecule has 0 aromatic heterocycles. The van der Waals surface area contributed by atoms with Gasteiger partial charge >= 0.3 is 6.09 Å². The first-order chi connectivity index (χ1) is 13.9. The lowest BCUT2D eigenvalue weighted by molar-refractivity contribution is -0.135. The van der Waals surface area contributed by atoms with Gasteiger partial charge in [-0.05, 0) is 36.5 Å². The molecule has 0 spiro atoms. The van der Waals surface area contributed by atoms with E-state index in [9.17, 15) is 9.59 Å². The van der Waals surface area contributed by atoms with Gasteiger partial charge in [0.2, 0.25) is 5.91 Å². The number of hydrogen-bond acceptors (Lipinski definition) is 5. The van der Waals surface area contributed by atoms with Gasteiger partial charge in [0, 0.05) is 36.9 Å². The molecule has 0 aliphatic carbocycles. The van der Waals surface area contributed by atoms with Gasteiger partial charge in [-0.1, -0.05) is 41.9 Å². The number of ether oxygens (including phenoxy) is 1. The average Bonchev–Trinajstić information content (AvgIpc) is 3.17. The Hall–Kier alpha value is -2.22. The first kappa shape index (κ1) is 23.1. The van der Waals surface area contributed by atoms with E-state index in [2.05, 4.69) is 36.6 Å². The first-order valence-electron chi connectivity index (χ1n) is 9.89. The number of alkyl carbamates (subject to hydrolysis) is 1. The van der Waals surface area contributed by atoms with Crippen LogP contribution in [-0.4, -0.2) is 56.2 Å². The molecule has 1 heterocycles. The van der Waals surface area contributed by atoms with Crippen LogP contribution in [-0.2, 0) is 9.53 Å². The highest BCUT2D eigenvalue weighted by Gasteiger charge is 2.35. The Morgan fingerprint density at radius 1 is 1.31 bits per heavy atom. The molecule has 1 aliphatic rings. The fraction of sp³-hybridized carbons (Fsp3) is 0.524. The summed E-state index contributed by atoms with van der Waals surface area (Å²) in [7, 11) is 3.16. The van der Waals surface area contributed by atoms with Gasteiger partial charge in [0.25, 0.3) is 0 Å². The van der Waals surface area contributed by atoms with Gasteiger partial charge in [0.05, 0.1) is 12.8 Å². The SMILES string of the molecule is CN/C=C(\NC[C@@H]1CCCN1C(=O)[C@@H](NC(=O)OC)C(C)C)c1ccc(Br)cc1. The Kier molecular flexibility index (Phi) is 8.82. The van der Waals surface area contributed by atoms with Gasteiger partial charge in [-0.3, -0.25) is 4.79 Å². The Morgan fingerprint density at radius 3 is 2.59 bits per heavy atom. The number of likely N-dealkylation sites (tertiary alicyclic amines) is 1. The molecule has 0 saturated carbocycles. The van der Waals surface area contributed by atoms with E-state index in [4.69, 9.17) is 0 Å². The van der Waals surface area contributed by atoms with E-state index in [1.165, 1.54) is 7.11 Å². The highest BCUT2D eigenvalue weighted by molar-refractivity contribution is 9.10. The fourth-order valence-corrected chi connectivity index (χ4v) is 3.72. The molecule has 0 bridgehead atoms. The van der Waals surface area contributed by atoms with Gasteiger partial charge in [-0.15, -0.1) is 0 Å². The summed E-state index contributed by atoms with van der Waals surface area (Å²) >= 11 is 3.46. The Labute approximate surface area is 181 Å². The van der Waals surface area contributed by atoms with E-state index < -0.39 is 12.1 Å². The number of carbonyl (C=O) groups excluding carboxylic acids is 2. The molecular weight excluding hydrogens is 436 g/mol. The van der Waals surface area contributed by atoms with Crippen molar-refractivity contribution in [3.05, 3.63) is 40.5 Å². The second-order valence-electron chi connectivity index (χ2n) is 7.42. The third-order valence-corrected chi connectivity index (χ3v) is 5.55. The standard InChI is InChI=1S/C21H31BrN4O3/c1-14(2)19(25-21(28)29-4)20(27)26-11-5-6-17(26)12-24-18(13-23-3)15-7-9-16(22)10-8-15/h7-10,13-14,17,19,23-24H,5-6,11-12H2,1-4H3,(H,25,28)/b18-13-/t17-,19-/m0/s1. The van der Waals surface area contributed by atoms with Gasteiger partial charge in [-0.25, -0.2) is 4.79 Å². The van der Waals surface area contributed by atoms with Crippen molar-refractivity contribution in [2.45, 2.75) is 38.8 Å². The van der Waals surface area contributed by atoms with E-state index in [1.807, 2.05) is 56.3 Å². The van der Waals surface area contributed by atoms with Crippen LogP contribution in [0, 0.1) is 5.92 Å². The topological polar surface area (TPSA) is 82.7 Å². The van der Waals surface area contributed by atoms with Crippen molar-refractivity contribution in [1.29, 1.82) is 0 Å². The first-order valence-corrected chi connectivity index (χ1v) is 10.7. The van der Waals surface area contributed by atoms with Gasteiger partial charge in [-0.2, -0.15) is 0 Å². The number of amides is 2. The molecular formula is C21H31BrN4O3. The second kappa shape index (κ2) is 11.1. The van der Waals surface area contributed by atoms with Crippen molar-refractivity contribution in [2.75, 3.05) is 27.2 Å². The maximum Gasteiger partial charge on any atom is 0.407 e. The number of hydrogen-bond donors (Lipinski definition) is 3. The van der Waals surface area contributed by atoms with Crippen molar-refractivity contribution in [3.63, 3.8) is 0 Å². The molecule has 0 radical (unpaired) electrons. The van der Waals surface area contributed by atoms with Crippen LogP contribution in [0.4, 0.5) is 4.79 Å². The minimum Gasteiger partial charge on any atom is -0.453 e. The van der Waals surface area contributed by atoms with Crippen LogP contribution < -0.4 is 16.0 Å². The summed E-state index contributed by atoms with van der Waals surface area (Å²) in [4.78, 5) is 26.7. The van der Waals surface area contributed by atoms with Crippen LogP contribution in [0.5, 0.6) is 0 Å². The summed E-state index contributed by atoms with van der Waals surface area (Å²) < 4.78 is 5.71. The lowest BCUT2D eigenvalue weighted by Gasteiger charge is -2.31. The Morgan fingerprint density at radius 2 is 2.00 bits per heavy atom. The molecule has 8 heteroatoms. The van der Waals surface area contributed by atoms with Crippen molar-refractivity contribution in [2.24, 2.45) is 5.92 Å². The Bertz CT molecular complexity index is 721. The van der Waals surface area contributed by atoms with Crippen molar-refractivity contribution in [3.8, 4) is 0 Å². The molecule has 2 rings (SSSR count). The molecule has 1 fully saturated rings. The van der Waals surface area contributed by atoms with Crippen LogP contribution in [0.2, 0.25) is 0 Å². The smallest absolute Gasteiger partial charge is 0.407 e. The maximum absolute atomic E-state index is 13.1. The molecule has 7 nitrogen and oxygen atoms in total. The lowest BCUT2D eigenvalue weighted by atomic mass is 10.0. The van der Waals surface area contributed by atoms with Gasteiger partial charge in [0.15, 0.2) is 0 Å². The van der Waals surface area contributed by atoms with Gasteiger partial charge < -0.3 is 25.6 Å². The molecule has 3 N–H and O–H groups in total. The molecule has 1 aromatic rings. The molecule has 29 heavy (non-hydrogen) atoms. The van der Waals surface area contributed by atoms with E-state index in [0.29, 0.717) is 13.1 Å². The molecule has 160 valence electrons. The van der Waals surface area contributed by atoms with Crippen LogP contribution in [0.3, 0.4) is 0 Å². The van der Waals surface area contributed by atoms with Crippen LogP contribution in [0.1, 0.15) is 32.3 Å². The van der Waals surface area contributed by atoms with Crippen molar-refractivity contribution >= 4 is 33.6 Å². The average molecular weight is 467 g/mol. The van der Waals surface area contributed by atoms with Crippen molar-refractivity contribution < 1.29 is 14.3 Å². The third-order valence-electron chi connectivity index (χ3n) is 5.02. The van der Waals surface area contributed by atoms with Crippen molar-refractivity contribution in [1.82, 2.24) is 20.9 Å². The van der Waals surface area contributed by atoms with E-state index >= 15 is 0 Å². The predicted octanol–water partition coefficient (Wildman–Crippen LogP) is 2.93. The number of carbonyl (C=O) groups is 2. The quantitative estimate of drug-likeness (QED) is 0.548. The van der Waals surface area contributed by atoms with Gasteiger partial charge in [0.1, 0.15) is 6.04 Å². The molecule has 2 atom stereocenters. The lowest BCUT2D eigenvalue weighted by Crippen LogP contribution is -2.53. The number of halogens is 1. The summed E-state index contributed by atoms with van der Waals surface area (Å²) in [6.07, 6.45) is 3.21. The molecule has 1 saturated heterocycles. The second-order valence-corrected chi connectivity index (χ2v) is 8.34. The summed E-state index contributed by atoms with van der Waals surface area (Å²) in [5.74, 6) is -0.0872. The normalized spacial score (nSPS) is 17.8.